The maximum atomic E-state index is 12.0. The highest BCUT2D eigenvalue weighted by molar-refractivity contribution is 5.95. The second-order valence-corrected chi connectivity index (χ2v) is 7.86. The predicted molar refractivity (Wildman–Crippen MR) is 92.9 cm³/mol. The zero-order valence-corrected chi connectivity index (χ0v) is 15.2. The predicted octanol–water partition coefficient (Wildman–Crippen LogP) is 1.77. The summed E-state index contributed by atoms with van der Waals surface area (Å²) in [6.07, 6.45) is 4.21. The van der Waals surface area contributed by atoms with Gasteiger partial charge in [-0.05, 0) is 58.6 Å². The number of hydrogen-bond acceptors (Lipinski definition) is 5. The van der Waals surface area contributed by atoms with Crippen molar-refractivity contribution in [3.05, 3.63) is 29.6 Å². The molecule has 0 radical (unpaired) electrons. The highest BCUT2D eigenvalue weighted by Crippen LogP contribution is 2.44. The molecular weight excluding hydrogens is 336 g/mol. The number of ether oxygens (including phenoxy) is 1. The van der Waals surface area contributed by atoms with Gasteiger partial charge >= 0.3 is 6.09 Å². The van der Waals surface area contributed by atoms with E-state index in [-0.39, 0.29) is 11.8 Å². The second kappa shape index (κ2) is 6.59. The molecule has 0 saturated heterocycles. The van der Waals surface area contributed by atoms with Crippen molar-refractivity contribution in [3.8, 4) is 0 Å². The molecule has 0 aromatic carbocycles. The molecule has 26 heavy (non-hydrogen) atoms. The number of aromatic nitrogens is 1. The van der Waals surface area contributed by atoms with Crippen molar-refractivity contribution in [1.82, 2.24) is 21.2 Å². The normalized spacial score (nSPS) is 17.8. The van der Waals surface area contributed by atoms with E-state index in [1.54, 1.807) is 32.9 Å². The van der Waals surface area contributed by atoms with Crippen LogP contribution in [0.4, 0.5) is 4.79 Å². The molecule has 0 aliphatic heterocycles. The van der Waals surface area contributed by atoms with Gasteiger partial charge in [-0.25, -0.2) is 4.79 Å². The first-order chi connectivity index (χ1) is 12.2. The topological polar surface area (TPSA) is 109 Å². The van der Waals surface area contributed by atoms with Gasteiger partial charge in [-0.1, -0.05) is 0 Å². The van der Waals surface area contributed by atoms with Crippen molar-refractivity contribution in [2.24, 2.45) is 5.92 Å². The molecule has 140 valence electrons. The number of hydrogen-bond donors (Lipinski definition) is 3. The van der Waals surface area contributed by atoms with Crippen LogP contribution in [0.15, 0.2) is 18.3 Å². The minimum Gasteiger partial charge on any atom is -0.444 e. The third-order valence-electron chi connectivity index (χ3n) is 4.25. The van der Waals surface area contributed by atoms with Crippen molar-refractivity contribution in [2.45, 2.75) is 57.6 Å². The largest absolute Gasteiger partial charge is 0.444 e. The van der Waals surface area contributed by atoms with Crippen LogP contribution in [0.2, 0.25) is 0 Å². The van der Waals surface area contributed by atoms with E-state index in [1.807, 2.05) is 0 Å². The molecule has 1 aromatic heterocycles. The Bertz CT molecular complexity index is 716. The van der Waals surface area contributed by atoms with Gasteiger partial charge in [-0.2, -0.15) is 0 Å². The van der Waals surface area contributed by atoms with Crippen LogP contribution in [0, 0.1) is 5.92 Å². The third-order valence-corrected chi connectivity index (χ3v) is 4.25. The van der Waals surface area contributed by atoms with Gasteiger partial charge in [0.15, 0.2) is 0 Å². The van der Waals surface area contributed by atoms with Crippen LogP contribution >= 0.6 is 0 Å². The molecule has 0 bridgehead atoms. The molecule has 8 nitrogen and oxygen atoms in total. The Labute approximate surface area is 152 Å². The molecule has 0 unspecified atom stereocenters. The van der Waals surface area contributed by atoms with Crippen molar-refractivity contribution < 1.29 is 19.1 Å². The summed E-state index contributed by atoms with van der Waals surface area (Å²) in [4.78, 5) is 39.9. The molecule has 0 atom stereocenters. The molecule has 8 heteroatoms. The highest BCUT2D eigenvalue weighted by Gasteiger charge is 2.48. The Balaban J connectivity index is 1.57. The van der Waals surface area contributed by atoms with Crippen LogP contribution in [-0.2, 0) is 15.1 Å². The first kappa shape index (κ1) is 18.2. The summed E-state index contributed by atoms with van der Waals surface area (Å²) >= 11 is 0. The maximum Gasteiger partial charge on any atom is 0.408 e. The van der Waals surface area contributed by atoms with Crippen LogP contribution in [0.3, 0.4) is 0 Å². The Morgan fingerprint density at radius 3 is 2.35 bits per heavy atom. The molecule has 1 aromatic rings. The number of pyridine rings is 1. The van der Waals surface area contributed by atoms with E-state index < -0.39 is 23.1 Å². The zero-order valence-electron chi connectivity index (χ0n) is 15.2. The summed E-state index contributed by atoms with van der Waals surface area (Å²) in [7, 11) is 0. The summed E-state index contributed by atoms with van der Waals surface area (Å²) in [5.41, 5.74) is 4.71. The first-order valence-electron chi connectivity index (χ1n) is 8.76. The smallest absolute Gasteiger partial charge is 0.408 e. The summed E-state index contributed by atoms with van der Waals surface area (Å²) in [6.45, 7) is 5.42. The summed E-state index contributed by atoms with van der Waals surface area (Å²) < 4.78 is 5.29. The van der Waals surface area contributed by atoms with Crippen molar-refractivity contribution in [3.63, 3.8) is 0 Å². The van der Waals surface area contributed by atoms with E-state index in [0.717, 1.165) is 25.7 Å². The zero-order chi connectivity index (χ0) is 18.9. The van der Waals surface area contributed by atoms with Gasteiger partial charge in [0.1, 0.15) is 5.60 Å². The Kier molecular flexibility index (Phi) is 4.60. The van der Waals surface area contributed by atoms with Crippen LogP contribution in [0.1, 0.15) is 62.5 Å². The molecule has 2 saturated carbocycles. The van der Waals surface area contributed by atoms with E-state index in [9.17, 15) is 14.4 Å². The molecule has 2 fully saturated rings. The summed E-state index contributed by atoms with van der Waals surface area (Å²) in [6, 6.07) is 3.33. The molecule has 3 N–H and O–H groups in total. The summed E-state index contributed by atoms with van der Waals surface area (Å²) in [5, 5.41) is 2.87. The molecule has 0 spiro atoms. The van der Waals surface area contributed by atoms with Crippen LogP contribution in [0.5, 0.6) is 0 Å². The number of nitrogens with zero attached hydrogens (tertiary/aromatic N) is 1. The number of carbonyl (C=O) groups is 3. The highest BCUT2D eigenvalue weighted by atomic mass is 16.6. The van der Waals surface area contributed by atoms with Crippen molar-refractivity contribution in [1.29, 1.82) is 0 Å². The molecule has 2 aliphatic carbocycles. The minimum atomic E-state index is -0.569. The monoisotopic (exact) mass is 360 g/mol. The number of rotatable bonds is 4. The van der Waals surface area contributed by atoms with Gasteiger partial charge in [0, 0.05) is 12.1 Å². The Hall–Kier alpha value is -2.64. The summed E-state index contributed by atoms with van der Waals surface area (Å²) in [5.74, 6) is -0.575. The first-order valence-corrected chi connectivity index (χ1v) is 8.76. The maximum absolute atomic E-state index is 12.0. The SMILES string of the molecule is CC(C)(C)OC(=O)NC1(c2ccc(C(=O)NNC(=O)C3CC3)cn2)CC1. The van der Waals surface area contributed by atoms with E-state index in [4.69, 9.17) is 4.74 Å². The van der Waals surface area contributed by atoms with Gasteiger partial charge in [-0.15, -0.1) is 0 Å². The number of nitrogens with one attached hydrogen (secondary N) is 3. The fraction of sp³-hybridized carbons (Fsp3) is 0.556. The number of hydrazine groups is 1. The Morgan fingerprint density at radius 2 is 1.85 bits per heavy atom. The van der Waals surface area contributed by atoms with E-state index >= 15 is 0 Å². The number of carbonyl (C=O) groups excluding carboxylic acids is 3. The Morgan fingerprint density at radius 1 is 1.15 bits per heavy atom. The quantitative estimate of drug-likeness (QED) is 0.709. The number of amides is 3. The molecular formula is C18H24N4O4. The van der Waals surface area contributed by atoms with Crippen molar-refractivity contribution in [2.75, 3.05) is 0 Å². The van der Waals surface area contributed by atoms with Crippen LogP contribution in [-0.4, -0.2) is 28.5 Å². The fourth-order valence-corrected chi connectivity index (χ4v) is 2.52. The molecule has 3 amide bonds. The van der Waals surface area contributed by atoms with E-state index in [1.165, 1.54) is 6.20 Å². The van der Waals surface area contributed by atoms with Gasteiger partial charge in [0.05, 0.1) is 16.8 Å². The lowest BCUT2D eigenvalue weighted by atomic mass is 10.1. The third kappa shape index (κ3) is 4.50. The second-order valence-electron chi connectivity index (χ2n) is 7.86. The minimum absolute atomic E-state index is 0.0180. The van der Waals surface area contributed by atoms with Crippen molar-refractivity contribution >= 4 is 17.9 Å². The molecule has 3 rings (SSSR count). The number of alkyl carbamates (subject to hydrolysis) is 1. The van der Waals surface area contributed by atoms with Crippen LogP contribution < -0.4 is 16.2 Å². The van der Waals surface area contributed by atoms with Crippen LogP contribution in [0.25, 0.3) is 0 Å². The molecule has 2 aliphatic rings. The molecule has 1 heterocycles. The van der Waals surface area contributed by atoms with Gasteiger partial charge in [0.25, 0.3) is 5.91 Å². The standard InChI is InChI=1S/C18H24N4O4/c1-17(2,3)26-16(25)20-18(8-9-18)13-7-6-12(10-19-13)15(24)22-21-14(23)11-4-5-11/h6-7,10-11H,4-5,8-9H2,1-3H3,(H,20,25)(H,21,23)(H,22,24). The average molecular weight is 360 g/mol. The van der Waals surface area contributed by atoms with Gasteiger partial charge < -0.3 is 10.1 Å². The average Bonchev–Trinajstić information content (AvgIpc) is 3.44. The van der Waals surface area contributed by atoms with Gasteiger partial charge in [0.2, 0.25) is 5.91 Å². The fourth-order valence-electron chi connectivity index (χ4n) is 2.52. The lowest BCUT2D eigenvalue weighted by Crippen LogP contribution is -2.42. The van der Waals surface area contributed by atoms with E-state index in [0.29, 0.717) is 11.3 Å². The van der Waals surface area contributed by atoms with Gasteiger partial charge in [-0.3, -0.25) is 25.4 Å². The van der Waals surface area contributed by atoms with E-state index in [2.05, 4.69) is 21.2 Å². The lowest BCUT2D eigenvalue weighted by Gasteiger charge is -2.23. The lowest BCUT2D eigenvalue weighted by molar-refractivity contribution is -0.123.